The minimum absolute atomic E-state index is 0.128. The van der Waals surface area contributed by atoms with Gasteiger partial charge in [0.15, 0.2) is 0 Å². The molecule has 2 N–H and O–H groups in total. The lowest BCUT2D eigenvalue weighted by Gasteiger charge is -2.14. The van der Waals surface area contributed by atoms with E-state index in [1.54, 1.807) is 0 Å². The van der Waals surface area contributed by atoms with Gasteiger partial charge in [-0.3, -0.25) is 0 Å². The van der Waals surface area contributed by atoms with Crippen LogP contribution in [0.5, 0.6) is 0 Å². The first kappa shape index (κ1) is 12.6. The van der Waals surface area contributed by atoms with Crippen LogP contribution in [0.2, 0.25) is 0 Å². The summed E-state index contributed by atoms with van der Waals surface area (Å²) < 4.78 is 0. The Morgan fingerprint density at radius 1 is 1.06 bits per heavy atom. The van der Waals surface area contributed by atoms with Crippen LogP contribution >= 0.6 is 0 Å². The zero-order chi connectivity index (χ0) is 11.9. The number of nitrogens with zero attached hydrogens (tertiary/aromatic N) is 1. The summed E-state index contributed by atoms with van der Waals surface area (Å²) in [6.07, 6.45) is 2.73. The van der Waals surface area contributed by atoms with Crippen LogP contribution in [0.1, 0.15) is 24.0 Å². The molecule has 1 aliphatic heterocycles. The maximum Gasteiger partial charge on any atom is 0.0681 e. The number of hydrogen-bond acceptors (Lipinski definition) is 3. The predicted molar refractivity (Wildman–Crippen MR) is 69.7 cm³/mol. The van der Waals surface area contributed by atoms with E-state index in [1.807, 2.05) is 12.1 Å². The number of aliphatic hydroxyl groups excluding tert-OH is 1. The topological polar surface area (TPSA) is 35.5 Å². The van der Waals surface area contributed by atoms with E-state index in [2.05, 4.69) is 22.3 Å². The van der Waals surface area contributed by atoms with Crippen molar-refractivity contribution < 1.29 is 5.11 Å². The van der Waals surface area contributed by atoms with Gasteiger partial charge in [-0.1, -0.05) is 24.3 Å². The van der Waals surface area contributed by atoms with Crippen molar-refractivity contribution in [2.75, 3.05) is 26.2 Å². The van der Waals surface area contributed by atoms with Gasteiger partial charge in [-0.15, -0.1) is 0 Å². The summed E-state index contributed by atoms with van der Waals surface area (Å²) in [6, 6.07) is 8.12. The fourth-order valence-corrected chi connectivity index (χ4v) is 2.24. The summed E-state index contributed by atoms with van der Waals surface area (Å²) in [6.45, 7) is 5.80. The number of nitrogens with one attached hydrogen (secondary N) is 1. The summed E-state index contributed by atoms with van der Waals surface area (Å²) in [5, 5.41) is 12.4. The molecule has 0 amide bonds. The summed E-state index contributed by atoms with van der Waals surface area (Å²) in [5.41, 5.74) is 2.26. The second-order valence-corrected chi connectivity index (χ2v) is 4.70. The van der Waals surface area contributed by atoms with E-state index < -0.39 is 0 Å². The molecule has 1 aliphatic rings. The number of rotatable bonds is 6. The monoisotopic (exact) mass is 234 g/mol. The van der Waals surface area contributed by atoms with Crippen LogP contribution in [0.4, 0.5) is 0 Å². The van der Waals surface area contributed by atoms with Gasteiger partial charge < -0.3 is 15.3 Å². The number of aliphatic hydroxyl groups is 1. The van der Waals surface area contributed by atoms with E-state index >= 15 is 0 Å². The molecule has 1 aromatic rings. The molecule has 1 fully saturated rings. The molecule has 2 rings (SSSR count). The van der Waals surface area contributed by atoms with Gasteiger partial charge in [0.1, 0.15) is 0 Å². The zero-order valence-electron chi connectivity index (χ0n) is 10.4. The highest BCUT2D eigenvalue weighted by molar-refractivity contribution is 5.21. The normalized spacial score (nSPS) is 16.5. The molecule has 0 saturated carbocycles. The van der Waals surface area contributed by atoms with Gasteiger partial charge in [-0.25, -0.2) is 0 Å². The Kier molecular flexibility index (Phi) is 4.98. The van der Waals surface area contributed by atoms with Gasteiger partial charge >= 0.3 is 0 Å². The van der Waals surface area contributed by atoms with Crippen LogP contribution in [0.25, 0.3) is 0 Å². The SMILES string of the molecule is OCc1ccc(CNCCN2CCCC2)cc1. The molecule has 0 bridgehead atoms. The van der Waals surface area contributed by atoms with Gasteiger partial charge in [0.05, 0.1) is 6.61 Å². The van der Waals surface area contributed by atoms with Gasteiger partial charge in [-0.2, -0.15) is 0 Å². The maximum absolute atomic E-state index is 8.94. The molecule has 0 unspecified atom stereocenters. The Labute approximate surface area is 103 Å². The van der Waals surface area contributed by atoms with Crippen molar-refractivity contribution in [2.45, 2.75) is 26.0 Å². The van der Waals surface area contributed by atoms with E-state index in [9.17, 15) is 0 Å². The average Bonchev–Trinajstić information content (AvgIpc) is 2.88. The van der Waals surface area contributed by atoms with Crippen molar-refractivity contribution in [1.29, 1.82) is 0 Å². The van der Waals surface area contributed by atoms with Gasteiger partial charge in [-0.05, 0) is 37.1 Å². The molecule has 0 aromatic heterocycles. The molecule has 1 heterocycles. The van der Waals surface area contributed by atoms with E-state index in [4.69, 9.17) is 5.11 Å². The molecule has 3 heteroatoms. The van der Waals surface area contributed by atoms with E-state index in [0.29, 0.717) is 0 Å². The van der Waals surface area contributed by atoms with Crippen molar-refractivity contribution in [3.05, 3.63) is 35.4 Å². The quantitative estimate of drug-likeness (QED) is 0.730. The van der Waals surface area contributed by atoms with Crippen LogP contribution in [-0.2, 0) is 13.2 Å². The Hall–Kier alpha value is -0.900. The third kappa shape index (κ3) is 4.11. The molecular weight excluding hydrogens is 212 g/mol. The molecule has 1 aromatic carbocycles. The van der Waals surface area contributed by atoms with Gasteiger partial charge in [0.25, 0.3) is 0 Å². The molecule has 0 aliphatic carbocycles. The van der Waals surface area contributed by atoms with Crippen LogP contribution < -0.4 is 5.32 Å². The number of hydrogen-bond donors (Lipinski definition) is 2. The summed E-state index contributed by atoms with van der Waals surface area (Å²) >= 11 is 0. The maximum atomic E-state index is 8.94. The van der Waals surface area contributed by atoms with E-state index in [1.165, 1.54) is 31.5 Å². The van der Waals surface area contributed by atoms with Crippen molar-refractivity contribution in [2.24, 2.45) is 0 Å². The second kappa shape index (κ2) is 6.74. The fraction of sp³-hybridized carbons (Fsp3) is 0.571. The summed E-state index contributed by atoms with van der Waals surface area (Å²) in [5.74, 6) is 0. The van der Waals surface area contributed by atoms with Gasteiger partial charge in [0.2, 0.25) is 0 Å². The Balaban J connectivity index is 1.63. The molecular formula is C14H22N2O. The highest BCUT2D eigenvalue weighted by atomic mass is 16.3. The standard InChI is InChI=1S/C14H22N2O/c17-12-14-5-3-13(4-6-14)11-15-7-10-16-8-1-2-9-16/h3-6,15,17H,1-2,7-12H2. The lowest BCUT2D eigenvalue weighted by atomic mass is 10.1. The smallest absolute Gasteiger partial charge is 0.0681 e. The summed E-state index contributed by atoms with van der Waals surface area (Å²) in [4.78, 5) is 2.52. The predicted octanol–water partition coefficient (Wildman–Crippen LogP) is 1.36. The van der Waals surface area contributed by atoms with Crippen molar-refractivity contribution in [1.82, 2.24) is 10.2 Å². The Morgan fingerprint density at radius 3 is 2.35 bits per heavy atom. The number of benzene rings is 1. The first-order valence-corrected chi connectivity index (χ1v) is 6.50. The third-order valence-electron chi connectivity index (χ3n) is 3.34. The van der Waals surface area contributed by atoms with E-state index in [-0.39, 0.29) is 6.61 Å². The molecule has 3 nitrogen and oxygen atoms in total. The molecule has 0 atom stereocenters. The van der Waals surface area contributed by atoms with Crippen LogP contribution in [0.15, 0.2) is 24.3 Å². The van der Waals surface area contributed by atoms with Crippen LogP contribution in [0, 0.1) is 0 Å². The number of likely N-dealkylation sites (tertiary alicyclic amines) is 1. The van der Waals surface area contributed by atoms with Crippen LogP contribution in [-0.4, -0.2) is 36.2 Å². The Bertz CT molecular complexity index is 317. The largest absolute Gasteiger partial charge is 0.392 e. The molecule has 0 radical (unpaired) electrons. The minimum atomic E-state index is 0.128. The second-order valence-electron chi connectivity index (χ2n) is 4.70. The minimum Gasteiger partial charge on any atom is -0.392 e. The molecule has 0 spiro atoms. The average molecular weight is 234 g/mol. The van der Waals surface area contributed by atoms with Crippen molar-refractivity contribution in [3.8, 4) is 0 Å². The third-order valence-corrected chi connectivity index (χ3v) is 3.34. The van der Waals surface area contributed by atoms with Crippen LogP contribution in [0.3, 0.4) is 0 Å². The van der Waals surface area contributed by atoms with Gasteiger partial charge in [0, 0.05) is 19.6 Å². The van der Waals surface area contributed by atoms with Crippen molar-refractivity contribution >= 4 is 0 Å². The first-order valence-electron chi connectivity index (χ1n) is 6.50. The lowest BCUT2D eigenvalue weighted by molar-refractivity contribution is 0.282. The summed E-state index contributed by atoms with van der Waals surface area (Å²) in [7, 11) is 0. The Morgan fingerprint density at radius 2 is 1.71 bits per heavy atom. The first-order chi connectivity index (χ1) is 8.38. The van der Waals surface area contributed by atoms with Crippen molar-refractivity contribution in [3.63, 3.8) is 0 Å². The molecule has 94 valence electrons. The lowest BCUT2D eigenvalue weighted by Crippen LogP contribution is -2.29. The highest BCUT2D eigenvalue weighted by Crippen LogP contribution is 2.06. The zero-order valence-corrected chi connectivity index (χ0v) is 10.4. The molecule has 1 saturated heterocycles. The molecule has 17 heavy (non-hydrogen) atoms. The highest BCUT2D eigenvalue weighted by Gasteiger charge is 2.09. The fourth-order valence-electron chi connectivity index (χ4n) is 2.24. The van der Waals surface area contributed by atoms with E-state index in [0.717, 1.165) is 25.2 Å².